The number of nitrogens with two attached hydrogens (primary N) is 1. The summed E-state index contributed by atoms with van der Waals surface area (Å²) in [5.41, 5.74) is 7.61. The van der Waals surface area contributed by atoms with E-state index in [4.69, 9.17) is 11.0 Å². The number of nitrogens with one attached hydrogen (secondary N) is 2. The van der Waals surface area contributed by atoms with Crippen LogP contribution in [0.25, 0.3) is 0 Å². The number of nitriles is 1. The van der Waals surface area contributed by atoms with Gasteiger partial charge >= 0.3 is 0 Å². The maximum atomic E-state index is 12.0. The molecule has 0 saturated heterocycles. The van der Waals surface area contributed by atoms with Crippen molar-refractivity contribution in [2.75, 3.05) is 11.1 Å². The number of carbonyl (C=O) groups excluding carboxylic acids is 1. The number of rotatable bonds is 4. The molecule has 0 bridgehead atoms. The van der Waals surface area contributed by atoms with E-state index in [1.165, 1.54) is 11.3 Å². The molecule has 0 unspecified atom stereocenters. The van der Waals surface area contributed by atoms with Crippen molar-refractivity contribution in [3.05, 3.63) is 28.4 Å². The van der Waals surface area contributed by atoms with Crippen LogP contribution in [-0.4, -0.2) is 16.1 Å². The molecule has 2 heterocycles. The molecule has 7 heteroatoms. The van der Waals surface area contributed by atoms with Gasteiger partial charge in [-0.3, -0.25) is 9.89 Å². The molecule has 0 aliphatic carbocycles. The summed E-state index contributed by atoms with van der Waals surface area (Å²) >= 11 is 1.29. The minimum Gasteiger partial charge on any atom is -0.395 e. The lowest BCUT2D eigenvalue weighted by Crippen LogP contribution is -2.14. The fourth-order valence-corrected chi connectivity index (χ4v) is 2.39. The number of amides is 1. The molecule has 0 spiro atoms. The molecular formula is C12H13N5OS. The monoisotopic (exact) mass is 275 g/mol. The topological polar surface area (TPSA) is 108 Å². The smallest absolute Gasteiger partial charge is 0.278 e. The molecule has 0 aromatic carbocycles. The largest absolute Gasteiger partial charge is 0.395 e. The number of H-pyrrole nitrogens is 1. The standard InChI is InChI=1S/C12H13N5OS/c1-2-3-8-9(14)10(17-16-8)11(18)15-12-7(6-13)4-5-19-12/h4-5H,2-3,14H2,1H3,(H,15,18)(H,16,17). The molecule has 2 aromatic heterocycles. The fraction of sp³-hybridized carbons (Fsp3) is 0.250. The normalized spacial score (nSPS) is 10.1. The number of nitrogens with zero attached hydrogens (tertiary/aromatic N) is 2. The summed E-state index contributed by atoms with van der Waals surface area (Å²) in [7, 11) is 0. The van der Waals surface area contributed by atoms with E-state index in [1.54, 1.807) is 11.4 Å². The third-order valence-electron chi connectivity index (χ3n) is 2.61. The predicted octanol–water partition coefficient (Wildman–Crippen LogP) is 2.13. The Labute approximate surface area is 114 Å². The first-order valence-electron chi connectivity index (χ1n) is 5.79. The van der Waals surface area contributed by atoms with E-state index in [-0.39, 0.29) is 5.69 Å². The van der Waals surface area contributed by atoms with Gasteiger partial charge in [0.2, 0.25) is 0 Å². The molecule has 0 radical (unpaired) electrons. The van der Waals surface area contributed by atoms with Gasteiger partial charge in [-0.05, 0) is 17.9 Å². The zero-order chi connectivity index (χ0) is 13.8. The van der Waals surface area contributed by atoms with Crippen LogP contribution in [0.3, 0.4) is 0 Å². The van der Waals surface area contributed by atoms with Crippen molar-refractivity contribution in [1.82, 2.24) is 10.2 Å². The van der Waals surface area contributed by atoms with Crippen molar-refractivity contribution < 1.29 is 4.79 Å². The first kappa shape index (κ1) is 13.1. The molecule has 4 N–H and O–H groups in total. The van der Waals surface area contributed by atoms with E-state index in [0.717, 1.165) is 18.5 Å². The van der Waals surface area contributed by atoms with E-state index < -0.39 is 5.91 Å². The molecule has 1 amide bonds. The Morgan fingerprint density at radius 3 is 3.16 bits per heavy atom. The molecule has 2 rings (SSSR count). The summed E-state index contributed by atoms with van der Waals surface area (Å²) in [5.74, 6) is -0.407. The van der Waals surface area contributed by atoms with Gasteiger partial charge in [0, 0.05) is 0 Å². The van der Waals surface area contributed by atoms with E-state index in [1.807, 2.05) is 13.0 Å². The number of anilines is 2. The van der Waals surface area contributed by atoms with Gasteiger partial charge < -0.3 is 11.1 Å². The maximum absolute atomic E-state index is 12.0. The van der Waals surface area contributed by atoms with Crippen LogP contribution < -0.4 is 11.1 Å². The quantitative estimate of drug-likeness (QED) is 0.794. The SMILES string of the molecule is CCCc1[nH]nc(C(=O)Nc2sccc2C#N)c1N. The molecular weight excluding hydrogens is 262 g/mol. The number of thiophene rings is 1. The van der Waals surface area contributed by atoms with Crippen LogP contribution >= 0.6 is 11.3 Å². The van der Waals surface area contributed by atoms with Crippen LogP contribution in [0.15, 0.2) is 11.4 Å². The Balaban J connectivity index is 2.19. The molecule has 6 nitrogen and oxygen atoms in total. The summed E-state index contributed by atoms with van der Waals surface area (Å²) in [6, 6.07) is 3.66. The van der Waals surface area contributed by atoms with Gasteiger partial charge in [0.1, 0.15) is 11.1 Å². The highest BCUT2D eigenvalue weighted by molar-refractivity contribution is 7.14. The molecule has 0 fully saturated rings. The van der Waals surface area contributed by atoms with Gasteiger partial charge in [-0.15, -0.1) is 11.3 Å². The number of hydrogen-bond donors (Lipinski definition) is 3. The van der Waals surface area contributed by atoms with Gasteiger partial charge in [0.15, 0.2) is 5.69 Å². The Kier molecular flexibility index (Phi) is 3.82. The second kappa shape index (κ2) is 5.54. The summed E-state index contributed by atoms with van der Waals surface area (Å²) in [6.07, 6.45) is 1.66. The number of aromatic nitrogens is 2. The van der Waals surface area contributed by atoms with Crippen molar-refractivity contribution in [3.8, 4) is 6.07 Å². The highest BCUT2D eigenvalue weighted by Crippen LogP contribution is 2.24. The first-order valence-corrected chi connectivity index (χ1v) is 6.67. The van der Waals surface area contributed by atoms with Crippen molar-refractivity contribution in [2.24, 2.45) is 0 Å². The summed E-state index contributed by atoms with van der Waals surface area (Å²) in [5, 5.41) is 20.5. The Hall–Kier alpha value is -2.33. The molecule has 0 aliphatic rings. The zero-order valence-electron chi connectivity index (χ0n) is 10.4. The molecule has 0 atom stereocenters. The van der Waals surface area contributed by atoms with Crippen LogP contribution in [0.5, 0.6) is 0 Å². The highest BCUT2D eigenvalue weighted by Gasteiger charge is 2.18. The fourth-order valence-electron chi connectivity index (χ4n) is 1.66. The number of nitrogen functional groups attached to an aromatic ring is 1. The van der Waals surface area contributed by atoms with Gasteiger partial charge in [0.05, 0.1) is 16.9 Å². The maximum Gasteiger partial charge on any atom is 0.278 e. The average molecular weight is 275 g/mol. The van der Waals surface area contributed by atoms with Gasteiger partial charge in [-0.2, -0.15) is 10.4 Å². The molecule has 0 aliphatic heterocycles. The molecule has 2 aromatic rings. The van der Waals surface area contributed by atoms with Crippen molar-refractivity contribution in [1.29, 1.82) is 5.26 Å². The molecule has 0 saturated carbocycles. The Bertz CT molecular complexity index is 637. The van der Waals surface area contributed by atoms with E-state index in [2.05, 4.69) is 15.5 Å². The van der Waals surface area contributed by atoms with Crippen molar-refractivity contribution in [2.45, 2.75) is 19.8 Å². The number of carbonyl (C=O) groups is 1. The average Bonchev–Trinajstić information content (AvgIpc) is 2.98. The van der Waals surface area contributed by atoms with Gasteiger partial charge in [0.25, 0.3) is 5.91 Å². The second-order valence-electron chi connectivity index (χ2n) is 3.94. The highest BCUT2D eigenvalue weighted by atomic mass is 32.1. The number of hydrogen-bond acceptors (Lipinski definition) is 5. The zero-order valence-corrected chi connectivity index (χ0v) is 11.2. The minimum absolute atomic E-state index is 0.167. The van der Waals surface area contributed by atoms with Crippen molar-refractivity contribution in [3.63, 3.8) is 0 Å². The first-order chi connectivity index (χ1) is 9.17. The van der Waals surface area contributed by atoms with Crippen LogP contribution in [0.4, 0.5) is 10.7 Å². The lowest BCUT2D eigenvalue weighted by Gasteiger charge is -2.01. The van der Waals surface area contributed by atoms with Crippen LogP contribution in [-0.2, 0) is 6.42 Å². The summed E-state index contributed by atoms with van der Waals surface area (Å²) < 4.78 is 0. The van der Waals surface area contributed by atoms with Crippen LogP contribution in [0, 0.1) is 11.3 Å². The number of aryl methyl sites for hydroxylation is 1. The van der Waals surface area contributed by atoms with E-state index in [0.29, 0.717) is 16.3 Å². The summed E-state index contributed by atoms with van der Waals surface area (Å²) in [4.78, 5) is 12.0. The third kappa shape index (κ3) is 2.58. The van der Waals surface area contributed by atoms with Gasteiger partial charge in [-0.25, -0.2) is 0 Å². The van der Waals surface area contributed by atoms with Crippen molar-refractivity contribution >= 4 is 27.9 Å². The molecule has 19 heavy (non-hydrogen) atoms. The van der Waals surface area contributed by atoms with E-state index >= 15 is 0 Å². The van der Waals surface area contributed by atoms with Crippen LogP contribution in [0.2, 0.25) is 0 Å². The van der Waals surface area contributed by atoms with Crippen LogP contribution in [0.1, 0.15) is 35.1 Å². The minimum atomic E-state index is -0.407. The predicted molar refractivity (Wildman–Crippen MR) is 74.0 cm³/mol. The Morgan fingerprint density at radius 1 is 1.68 bits per heavy atom. The molecule has 98 valence electrons. The second-order valence-corrected chi connectivity index (χ2v) is 4.86. The lowest BCUT2D eigenvalue weighted by atomic mass is 10.2. The number of aromatic amines is 1. The van der Waals surface area contributed by atoms with E-state index in [9.17, 15) is 4.79 Å². The third-order valence-corrected chi connectivity index (χ3v) is 3.44. The lowest BCUT2D eigenvalue weighted by molar-refractivity contribution is 0.102. The Morgan fingerprint density at radius 2 is 2.47 bits per heavy atom. The van der Waals surface area contributed by atoms with Gasteiger partial charge in [-0.1, -0.05) is 13.3 Å². The summed E-state index contributed by atoms with van der Waals surface area (Å²) in [6.45, 7) is 2.02.